The highest BCUT2D eigenvalue weighted by Gasteiger charge is 2.44. The van der Waals surface area contributed by atoms with Crippen LogP contribution in [0.3, 0.4) is 0 Å². The molecule has 1 aliphatic heterocycles. The van der Waals surface area contributed by atoms with Crippen molar-refractivity contribution in [3.05, 3.63) is 168 Å². The molecule has 0 radical (unpaired) electrons. The molecule has 1 unspecified atom stereocenters. The number of nitrogens with zero attached hydrogens (tertiary/aromatic N) is 2. The van der Waals surface area contributed by atoms with E-state index < -0.39 is 5.41 Å². The number of hydrogen-bond donors (Lipinski definition) is 0. The van der Waals surface area contributed by atoms with Crippen LogP contribution in [0.2, 0.25) is 0 Å². The maximum absolute atomic E-state index is 5.37. The Kier molecular flexibility index (Phi) is 5.30. The van der Waals surface area contributed by atoms with Crippen LogP contribution in [-0.2, 0) is 5.41 Å². The van der Waals surface area contributed by atoms with E-state index in [1.54, 1.807) is 0 Å². The number of aliphatic imine (C=N–C) groups is 1. The van der Waals surface area contributed by atoms with Gasteiger partial charge >= 0.3 is 0 Å². The molecular weight excluding hydrogens is 496 g/mol. The third-order valence-electron chi connectivity index (χ3n) is 8.63. The molecule has 0 aliphatic carbocycles. The van der Waals surface area contributed by atoms with Gasteiger partial charge in [0.15, 0.2) is 0 Å². The van der Waals surface area contributed by atoms with Gasteiger partial charge in [-0.05, 0) is 53.4 Å². The Morgan fingerprint density at radius 2 is 1.17 bits per heavy atom. The molecule has 6 aromatic carbocycles. The minimum Gasteiger partial charge on any atom is -0.309 e. The fourth-order valence-corrected chi connectivity index (χ4v) is 6.71. The third kappa shape index (κ3) is 3.54. The van der Waals surface area contributed by atoms with Gasteiger partial charge in [0.05, 0.1) is 27.8 Å². The predicted molar refractivity (Wildman–Crippen MR) is 172 cm³/mol. The molecule has 194 valence electrons. The summed E-state index contributed by atoms with van der Waals surface area (Å²) in [6, 6.07) is 54.3. The quantitative estimate of drug-likeness (QED) is 0.218. The number of aromatic nitrogens is 1. The SMILES string of the molecule is CC1(c2ccccc2)C(c2ccccc2)=Nc2ccc3c4ccccc4n(-c4cccc(-c5ccccc5)c4)c3c21. The highest BCUT2D eigenvalue weighted by Crippen LogP contribution is 2.51. The molecule has 0 saturated heterocycles. The summed E-state index contributed by atoms with van der Waals surface area (Å²) in [5, 5.41) is 2.50. The molecule has 0 spiro atoms. The van der Waals surface area contributed by atoms with Gasteiger partial charge in [0.25, 0.3) is 0 Å². The highest BCUT2D eigenvalue weighted by molar-refractivity contribution is 6.20. The lowest BCUT2D eigenvalue weighted by Gasteiger charge is -2.30. The van der Waals surface area contributed by atoms with E-state index in [1.807, 2.05) is 0 Å². The van der Waals surface area contributed by atoms with Crippen molar-refractivity contribution in [1.82, 2.24) is 4.57 Å². The number of para-hydroxylation sites is 1. The molecule has 2 heterocycles. The Morgan fingerprint density at radius 1 is 0.537 bits per heavy atom. The van der Waals surface area contributed by atoms with Crippen LogP contribution in [0.25, 0.3) is 38.6 Å². The van der Waals surface area contributed by atoms with Crippen LogP contribution < -0.4 is 0 Å². The zero-order valence-electron chi connectivity index (χ0n) is 22.8. The summed E-state index contributed by atoms with van der Waals surface area (Å²) < 4.78 is 2.46. The smallest absolute Gasteiger partial charge is 0.0700 e. The fraction of sp³-hybridized carbons (Fsp3) is 0.0513. The second kappa shape index (κ2) is 9.18. The molecule has 0 amide bonds. The van der Waals surface area contributed by atoms with Gasteiger partial charge in [-0.2, -0.15) is 0 Å². The normalized spacial score (nSPS) is 16.2. The van der Waals surface area contributed by atoms with Gasteiger partial charge < -0.3 is 4.57 Å². The Morgan fingerprint density at radius 3 is 1.93 bits per heavy atom. The van der Waals surface area contributed by atoms with Crippen LogP contribution in [0.1, 0.15) is 23.6 Å². The monoisotopic (exact) mass is 524 g/mol. The van der Waals surface area contributed by atoms with E-state index in [1.165, 1.54) is 44.1 Å². The highest BCUT2D eigenvalue weighted by atomic mass is 15.0. The van der Waals surface area contributed by atoms with Crippen LogP contribution in [0.5, 0.6) is 0 Å². The first-order valence-electron chi connectivity index (χ1n) is 14.2. The lowest BCUT2D eigenvalue weighted by molar-refractivity contribution is 0.797. The van der Waals surface area contributed by atoms with E-state index in [9.17, 15) is 0 Å². The zero-order valence-corrected chi connectivity index (χ0v) is 22.8. The lowest BCUT2D eigenvalue weighted by Crippen LogP contribution is -2.32. The molecule has 0 bridgehead atoms. The molecule has 2 nitrogen and oxygen atoms in total. The van der Waals surface area contributed by atoms with Crippen molar-refractivity contribution in [2.24, 2.45) is 4.99 Å². The second-order valence-electron chi connectivity index (χ2n) is 10.9. The van der Waals surface area contributed by atoms with Crippen LogP contribution in [-0.4, -0.2) is 10.3 Å². The predicted octanol–water partition coefficient (Wildman–Crippen LogP) is 9.89. The van der Waals surface area contributed by atoms with E-state index in [0.29, 0.717) is 0 Å². The van der Waals surface area contributed by atoms with E-state index in [2.05, 4.69) is 163 Å². The molecule has 8 rings (SSSR count). The van der Waals surface area contributed by atoms with Crippen LogP contribution in [0.15, 0.2) is 157 Å². The van der Waals surface area contributed by atoms with E-state index in [0.717, 1.165) is 22.6 Å². The summed E-state index contributed by atoms with van der Waals surface area (Å²) in [4.78, 5) is 5.37. The molecule has 0 N–H and O–H groups in total. The molecule has 1 aliphatic rings. The van der Waals surface area contributed by atoms with Crippen LogP contribution >= 0.6 is 0 Å². The van der Waals surface area contributed by atoms with Gasteiger partial charge in [0.1, 0.15) is 0 Å². The molecular formula is C39H28N2. The van der Waals surface area contributed by atoms with Crippen molar-refractivity contribution >= 4 is 33.2 Å². The Labute approximate surface area is 239 Å². The zero-order chi connectivity index (χ0) is 27.4. The average Bonchev–Trinajstić information content (AvgIpc) is 3.55. The van der Waals surface area contributed by atoms with Crippen molar-refractivity contribution in [2.45, 2.75) is 12.3 Å². The largest absolute Gasteiger partial charge is 0.309 e. The summed E-state index contributed by atoms with van der Waals surface area (Å²) in [6.07, 6.45) is 0. The van der Waals surface area contributed by atoms with E-state index in [-0.39, 0.29) is 0 Å². The summed E-state index contributed by atoms with van der Waals surface area (Å²) in [5.41, 5.74) is 11.3. The van der Waals surface area contributed by atoms with Crippen molar-refractivity contribution in [2.75, 3.05) is 0 Å². The number of benzene rings is 6. The van der Waals surface area contributed by atoms with Gasteiger partial charge in [-0.15, -0.1) is 0 Å². The van der Waals surface area contributed by atoms with Crippen molar-refractivity contribution in [3.63, 3.8) is 0 Å². The van der Waals surface area contributed by atoms with Crippen molar-refractivity contribution in [1.29, 1.82) is 0 Å². The van der Waals surface area contributed by atoms with Crippen molar-refractivity contribution < 1.29 is 0 Å². The van der Waals surface area contributed by atoms with Gasteiger partial charge in [-0.25, -0.2) is 0 Å². The van der Waals surface area contributed by atoms with Crippen LogP contribution in [0.4, 0.5) is 5.69 Å². The first kappa shape index (κ1) is 23.7. The summed E-state index contributed by atoms with van der Waals surface area (Å²) in [7, 11) is 0. The van der Waals surface area contributed by atoms with Crippen molar-refractivity contribution in [3.8, 4) is 16.8 Å². The first-order chi connectivity index (χ1) is 20.2. The van der Waals surface area contributed by atoms with Gasteiger partial charge in [0, 0.05) is 22.0 Å². The van der Waals surface area contributed by atoms with Gasteiger partial charge in [0.2, 0.25) is 0 Å². The number of rotatable bonds is 4. The van der Waals surface area contributed by atoms with Gasteiger partial charge in [-0.1, -0.05) is 127 Å². The molecule has 1 aromatic heterocycles. The van der Waals surface area contributed by atoms with E-state index in [4.69, 9.17) is 4.99 Å². The molecule has 1 atom stereocenters. The molecule has 0 fully saturated rings. The molecule has 0 saturated carbocycles. The maximum Gasteiger partial charge on any atom is 0.0700 e. The van der Waals surface area contributed by atoms with Gasteiger partial charge in [-0.3, -0.25) is 4.99 Å². The summed E-state index contributed by atoms with van der Waals surface area (Å²) in [6.45, 7) is 2.35. The fourth-order valence-electron chi connectivity index (χ4n) is 6.71. The molecule has 7 aromatic rings. The Hall–Kier alpha value is -5.21. The lowest BCUT2D eigenvalue weighted by atomic mass is 9.71. The first-order valence-corrected chi connectivity index (χ1v) is 14.2. The Bertz CT molecular complexity index is 2090. The molecule has 2 heteroatoms. The summed E-state index contributed by atoms with van der Waals surface area (Å²) >= 11 is 0. The second-order valence-corrected chi connectivity index (χ2v) is 10.9. The standard InChI is InChI=1S/C39H28N2/c1-39(30-19-9-4-10-20-30)36-34(40-38(39)28-16-7-3-8-17-28)25-24-33-32-22-11-12-23-35(32)41(37(33)36)31-21-13-18-29(26-31)27-14-5-2-6-15-27/h2-26H,1H3. The minimum atomic E-state index is -0.444. The topological polar surface area (TPSA) is 17.3 Å². The summed E-state index contributed by atoms with van der Waals surface area (Å²) in [5.74, 6) is 0. The number of fused-ring (bicyclic) bond motifs is 5. The third-order valence-corrected chi connectivity index (χ3v) is 8.63. The minimum absolute atomic E-state index is 0.444. The Balaban J connectivity index is 1.48. The maximum atomic E-state index is 5.37. The van der Waals surface area contributed by atoms with Crippen LogP contribution in [0, 0.1) is 0 Å². The molecule has 41 heavy (non-hydrogen) atoms. The average molecular weight is 525 g/mol. The number of hydrogen-bond acceptors (Lipinski definition) is 1. The van der Waals surface area contributed by atoms with E-state index >= 15 is 0 Å².